The summed E-state index contributed by atoms with van der Waals surface area (Å²) in [6.07, 6.45) is 0.166. The van der Waals surface area contributed by atoms with Crippen molar-refractivity contribution in [3.8, 4) is 0 Å². The van der Waals surface area contributed by atoms with Crippen LogP contribution in [-0.2, 0) is 14.3 Å². The van der Waals surface area contributed by atoms with Crippen molar-refractivity contribution in [2.45, 2.75) is 26.3 Å². The molecule has 2 aliphatic heterocycles. The fourth-order valence-electron chi connectivity index (χ4n) is 4.54. The number of carbonyl (C=O) groups is 2. The number of amides is 2. The molecular weight excluding hydrogens is 466 g/mol. The van der Waals surface area contributed by atoms with Crippen LogP contribution in [0.5, 0.6) is 0 Å². The molecule has 36 heavy (non-hydrogen) atoms. The lowest BCUT2D eigenvalue weighted by Crippen LogP contribution is -2.47. The van der Waals surface area contributed by atoms with Crippen LogP contribution in [0.3, 0.4) is 0 Å². The van der Waals surface area contributed by atoms with Gasteiger partial charge in [0.05, 0.1) is 25.0 Å². The quantitative estimate of drug-likeness (QED) is 0.559. The van der Waals surface area contributed by atoms with Crippen molar-refractivity contribution in [1.82, 2.24) is 14.8 Å². The molecule has 0 spiro atoms. The van der Waals surface area contributed by atoms with Crippen LogP contribution in [0.1, 0.15) is 37.4 Å². The lowest BCUT2D eigenvalue weighted by molar-refractivity contribution is -0.143. The van der Waals surface area contributed by atoms with E-state index in [9.17, 15) is 18.4 Å². The Morgan fingerprint density at radius 1 is 1.06 bits per heavy atom. The summed E-state index contributed by atoms with van der Waals surface area (Å²) in [4.78, 5) is 30.3. The smallest absolute Gasteiger partial charge is 0.262 e. The summed E-state index contributed by atoms with van der Waals surface area (Å²) in [5.41, 5.74) is 0.942. The topological polar surface area (TPSA) is 65.5 Å². The van der Waals surface area contributed by atoms with Gasteiger partial charge in [-0.3, -0.25) is 14.5 Å². The van der Waals surface area contributed by atoms with Crippen molar-refractivity contribution in [2.75, 3.05) is 45.9 Å². The minimum absolute atomic E-state index is 0.142. The zero-order valence-corrected chi connectivity index (χ0v) is 20.7. The number of rotatable bonds is 8. The zero-order valence-electron chi connectivity index (χ0n) is 20.7. The molecule has 2 aromatic rings. The largest absolute Gasteiger partial charge is 0.379 e. The van der Waals surface area contributed by atoms with Gasteiger partial charge in [0.25, 0.3) is 5.91 Å². The third-order valence-corrected chi connectivity index (χ3v) is 6.54. The van der Waals surface area contributed by atoms with E-state index in [0.717, 1.165) is 13.1 Å². The number of morpholine rings is 1. The molecule has 1 fully saturated rings. The molecule has 0 saturated carbocycles. The molecule has 1 unspecified atom stereocenters. The third kappa shape index (κ3) is 5.96. The Balaban J connectivity index is 1.58. The number of hydrazone groups is 1. The first-order valence-corrected chi connectivity index (χ1v) is 12.3. The van der Waals surface area contributed by atoms with Crippen molar-refractivity contribution in [3.63, 3.8) is 0 Å². The van der Waals surface area contributed by atoms with E-state index in [4.69, 9.17) is 4.74 Å². The molecule has 0 N–H and O–H groups in total. The molecule has 0 radical (unpaired) electrons. The summed E-state index contributed by atoms with van der Waals surface area (Å²) in [6, 6.07) is 11.7. The van der Waals surface area contributed by atoms with E-state index < -0.39 is 23.6 Å². The van der Waals surface area contributed by atoms with E-state index in [0.29, 0.717) is 37.6 Å². The van der Waals surface area contributed by atoms with Gasteiger partial charge in [-0.2, -0.15) is 5.10 Å². The average molecular weight is 499 g/mol. The van der Waals surface area contributed by atoms with E-state index in [1.807, 2.05) is 0 Å². The maximum Gasteiger partial charge on any atom is 0.262 e. The van der Waals surface area contributed by atoms with E-state index in [1.54, 1.807) is 50.2 Å². The first kappa shape index (κ1) is 25.9. The van der Waals surface area contributed by atoms with E-state index in [2.05, 4.69) is 10.0 Å². The van der Waals surface area contributed by atoms with Crippen LogP contribution in [0, 0.1) is 17.6 Å². The second kappa shape index (κ2) is 11.7. The standard InChI is InChI=1S/C27H32F2N4O3/c1-19(2)27(35)32(12-11-31-13-15-36-16-14-31)18-26(34)33-25(21-8-4-6-10-23(21)29)17-24(30-33)20-7-3-5-9-22(20)28/h3-10,19,25H,11-18H2,1-2H3. The predicted molar refractivity (Wildman–Crippen MR) is 132 cm³/mol. The lowest BCUT2D eigenvalue weighted by atomic mass is 9.97. The van der Waals surface area contributed by atoms with Crippen molar-refractivity contribution in [3.05, 3.63) is 71.3 Å². The van der Waals surface area contributed by atoms with Gasteiger partial charge in [0.2, 0.25) is 5.91 Å². The Morgan fingerprint density at radius 2 is 1.72 bits per heavy atom. The highest BCUT2D eigenvalue weighted by atomic mass is 19.1. The summed E-state index contributed by atoms with van der Waals surface area (Å²) >= 11 is 0. The van der Waals surface area contributed by atoms with Crippen LogP contribution in [0.2, 0.25) is 0 Å². The van der Waals surface area contributed by atoms with Crippen molar-refractivity contribution < 1.29 is 23.1 Å². The molecule has 7 nitrogen and oxygen atoms in total. The van der Waals surface area contributed by atoms with Crippen molar-refractivity contribution >= 4 is 17.5 Å². The van der Waals surface area contributed by atoms with Crippen LogP contribution < -0.4 is 0 Å². The number of halogens is 2. The van der Waals surface area contributed by atoms with E-state index >= 15 is 0 Å². The van der Waals surface area contributed by atoms with Gasteiger partial charge >= 0.3 is 0 Å². The van der Waals surface area contributed by atoms with Crippen molar-refractivity contribution in [1.29, 1.82) is 0 Å². The number of nitrogens with zero attached hydrogens (tertiary/aromatic N) is 4. The Labute approximate surface area is 210 Å². The first-order valence-electron chi connectivity index (χ1n) is 12.3. The van der Waals surface area contributed by atoms with Gasteiger partial charge in [0, 0.05) is 49.6 Å². The van der Waals surface area contributed by atoms with Crippen molar-refractivity contribution in [2.24, 2.45) is 11.0 Å². The molecule has 0 bridgehead atoms. The van der Waals surface area contributed by atoms with Crippen LogP contribution in [0.25, 0.3) is 0 Å². The summed E-state index contributed by atoms with van der Waals surface area (Å²) in [6.45, 7) is 7.22. The fourth-order valence-corrected chi connectivity index (χ4v) is 4.54. The number of ether oxygens (including phenoxy) is 1. The van der Waals surface area contributed by atoms with E-state index in [1.165, 1.54) is 22.0 Å². The van der Waals surface area contributed by atoms with Gasteiger partial charge < -0.3 is 9.64 Å². The zero-order chi connectivity index (χ0) is 25.7. The molecule has 1 saturated heterocycles. The normalized spacial score (nSPS) is 18.4. The van der Waals surface area contributed by atoms with Gasteiger partial charge in [-0.15, -0.1) is 0 Å². The summed E-state index contributed by atoms with van der Waals surface area (Å²) in [5.74, 6) is -1.80. The molecule has 0 aromatic heterocycles. The average Bonchev–Trinajstić information content (AvgIpc) is 3.32. The Hall–Kier alpha value is -3.17. The molecule has 1 atom stereocenters. The first-order chi connectivity index (χ1) is 17.3. The maximum absolute atomic E-state index is 14.8. The minimum Gasteiger partial charge on any atom is -0.379 e. The minimum atomic E-state index is -0.733. The van der Waals surface area contributed by atoms with Gasteiger partial charge in [-0.1, -0.05) is 50.2 Å². The molecule has 2 amide bonds. The molecule has 2 aliphatic rings. The Kier molecular flexibility index (Phi) is 8.43. The van der Waals surface area contributed by atoms with Crippen LogP contribution >= 0.6 is 0 Å². The highest BCUT2D eigenvalue weighted by Gasteiger charge is 2.36. The van der Waals surface area contributed by atoms with Gasteiger partial charge in [-0.25, -0.2) is 13.8 Å². The molecule has 192 valence electrons. The van der Waals surface area contributed by atoms with E-state index in [-0.39, 0.29) is 30.4 Å². The second-order valence-electron chi connectivity index (χ2n) is 9.37. The highest BCUT2D eigenvalue weighted by molar-refractivity contribution is 6.03. The third-order valence-electron chi connectivity index (χ3n) is 6.54. The molecular formula is C27H32F2N4O3. The number of hydrogen-bond acceptors (Lipinski definition) is 5. The number of benzene rings is 2. The van der Waals surface area contributed by atoms with Crippen LogP contribution in [0.4, 0.5) is 8.78 Å². The maximum atomic E-state index is 14.8. The Bertz CT molecular complexity index is 1120. The monoisotopic (exact) mass is 498 g/mol. The van der Waals surface area contributed by atoms with Crippen LogP contribution in [0.15, 0.2) is 53.6 Å². The van der Waals surface area contributed by atoms with Gasteiger partial charge in [0.15, 0.2) is 0 Å². The summed E-state index contributed by atoms with van der Waals surface area (Å²) in [7, 11) is 0. The second-order valence-corrected chi connectivity index (χ2v) is 9.37. The molecule has 2 heterocycles. The summed E-state index contributed by atoms with van der Waals surface area (Å²) in [5, 5.41) is 5.67. The number of hydrogen-bond donors (Lipinski definition) is 0. The summed E-state index contributed by atoms with van der Waals surface area (Å²) < 4.78 is 34.7. The predicted octanol–water partition coefficient (Wildman–Crippen LogP) is 3.46. The lowest BCUT2D eigenvalue weighted by Gasteiger charge is -2.31. The molecule has 0 aliphatic carbocycles. The molecule has 9 heteroatoms. The fraction of sp³-hybridized carbons (Fsp3) is 0.444. The van der Waals surface area contributed by atoms with Gasteiger partial charge in [-0.05, 0) is 12.1 Å². The SMILES string of the molecule is CC(C)C(=O)N(CCN1CCOCC1)CC(=O)N1N=C(c2ccccc2F)CC1c1ccccc1F. The highest BCUT2D eigenvalue weighted by Crippen LogP contribution is 2.34. The molecule has 2 aromatic carbocycles. The van der Waals surface area contributed by atoms with Crippen LogP contribution in [-0.4, -0.2) is 78.3 Å². The number of carbonyl (C=O) groups excluding carboxylic acids is 2. The van der Waals surface area contributed by atoms with Gasteiger partial charge in [0.1, 0.15) is 18.2 Å². The molecule has 4 rings (SSSR count). The Morgan fingerprint density at radius 3 is 2.39 bits per heavy atom.